The summed E-state index contributed by atoms with van der Waals surface area (Å²) in [6.45, 7) is 7.74. The second kappa shape index (κ2) is 8.04. The van der Waals surface area contributed by atoms with Crippen molar-refractivity contribution in [1.29, 1.82) is 0 Å². The average molecular weight is 285 g/mol. The number of nitrogens with two attached hydrogens (primary N) is 1. The van der Waals surface area contributed by atoms with Crippen molar-refractivity contribution in [1.82, 2.24) is 19.8 Å². The minimum atomic E-state index is 0.134. The lowest BCUT2D eigenvalue weighted by molar-refractivity contribution is -0.128. The number of nitrogens with zero attached hydrogens (tertiary/aromatic N) is 4. The lowest BCUT2D eigenvalue weighted by atomic mass is 10.3. The highest BCUT2D eigenvalue weighted by molar-refractivity contribution is 7.99. The van der Waals surface area contributed by atoms with E-state index in [1.54, 1.807) is 0 Å². The minimum absolute atomic E-state index is 0.134. The third-order valence-corrected chi connectivity index (χ3v) is 3.64. The fourth-order valence-electron chi connectivity index (χ4n) is 1.77. The van der Waals surface area contributed by atoms with Crippen molar-refractivity contribution in [3.05, 3.63) is 5.82 Å². The molecule has 19 heavy (non-hydrogen) atoms. The van der Waals surface area contributed by atoms with E-state index in [4.69, 9.17) is 5.84 Å². The molecule has 1 rings (SSSR count). The summed E-state index contributed by atoms with van der Waals surface area (Å²) in [4.78, 5) is 14.0. The number of hydrogen-bond donors (Lipinski definition) is 1. The predicted octanol–water partition coefficient (Wildman–Crippen LogP) is 1.29. The molecule has 0 fully saturated rings. The van der Waals surface area contributed by atoms with E-state index in [0.29, 0.717) is 10.9 Å². The molecule has 0 atom stereocenters. The molecule has 1 amide bonds. The summed E-state index contributed by atoms with van der Waals surface area (Å²) < 4.78 is 1.46. The van der Waals surface area contributed by atoms with Crippen molar-refractivity contribution < 1.29 is 4.79 Å². The highest BCUT2D eigenvalue weighted by Crippen LogP contribution is 2.15. The van der Waals surface area contributed by atoms with Gasteiger partial charge >= 0.3 is 0 Å². The van der Waals surface area contributed by atoms with Gasteiger partial charge in [0, 0.05) is 19.5 Å². The highest BCUT2D eigenvalue weighted by Gasteiger charge is 2.15. The van der Waals surface area contributed by atoms with Crippen molar-refractivity contribution in [2.75, 3.05) is 24.7 Å². The van der Waals surface area contributed by atoms with Crippen LogP contribution in [-0.4, -0.2) is 44.5 Å². The molecule has 1 aromatic heterocycles. The first-order valence-corrected chi connectivity index (χ1v) is 7.72. The van der Waals surface area contributed by atoms with E-state index in [9.17, 15) is 4.79 Å². The molecule has 108 valence electrons. The summed E-state index contributed by atoms with van der Waals surface area (Å²) in [5, 5.41) is 8.56. The number of aromatic nitrogens is 3. The van der Waals surface area contributed by atoms with Crippen LogP contribution >= 0.6 is 11.8 Å². The van der Waals surface area contributed by atoms with Gasteiger partial charge in [-0.1, -0.05) is 32.5 Å². The van der Waals surface area contributed by atoms with Gasteiger partial charge in [-0.2, -0.15) is 0 Å². The van der Waals surface area contributed by atoms with Crippen LogP contribution in [0.1, 0.15) is 39.4 Å². The monoisotopic (exact) mass is 285 g/mol. The number of hydrogen-bond acceptors (Lipinski definition) is 5. The summed E-state index contributed by atoms with van der Waals surface area (Å²) in [6, 6.07) is 0. The fraction of sp³-hybridized carbons (Fsp3) is 0.750. The first-order valence-electron chi connectivity index (χ1n) is 6.73. The van der Waals surface area contributed by atoms with E-state index >= 15 is 0 Å². The second-order valence-corrected chi connectivity index (χ2v) is 5.23. The van der Waals surface area contributed by atoms with Crippen molar-refractivity contribution in [3.8, 4) is 0 Å². The van der Waals surface area contributed by atoms with E-state index < -0.39 is 0 Å². The number of nitrogen functional groups attached to an aromatic ring is 1. The third kappa shape index (κ3) is 4.41. The van der Waals surface area contributed by atoms with Gasteiger partial charge in [-0.25, -0.2) is 4.68 Å². The van der Waals surface area contributed by atoms with E-state index in [-0.39, 0.29) is 5.91 Å². The molecule has 0 spiro atoms. The summed E-state index contributed by atoms with van der Waals surface area (Å²) in [6.07, 6.45) is 2.68. The number of amides is 1. The fourth-order valence-corrected chi connectivity index (χ4v) is 2.54. The molecular weight excluding hydrogens is 262 g/mol. The molecule has 0 saturated heterocycles. The van der Waals surface area contributed by atoms with Gasteiger partial charge in [0.15, 0.2) is 5.82 Å². The molecule has 6 nitrogen and oxygen atoms in total. The summed E-state index contributed by atoms with van der Waals surface area (Å²) >= 11 is 1.34. The largest absolute Gasteiger partial charge is 0.342 e. The summed E-state index contributed by atoms with van der Waals surface area (Å²) in [5.74, 6) is 7.06. The Balaban J connectivity index is 2.54. The molecule has 0 aliphatic heterocycles. The standard InChI is InChI=1S/C12H23N5OS/c1-4-7-16(8-5-2)11(18)9-19-12-15-14-10(6-3)17(12)13/h4-9,13H2,1-3H3. The van der Waals surface area contributed by atoms with Gasteiger partial charge in [-0.05, 0) is 12.8 Å². The number of rotatable bonds is 8. The Hall–Kier alpha value is -1.24. The van der Waals surface area contributed by atoms with Gasteiger partial charge in [0.2, 0.25) is 11.1 Å². The predicted molar refractivity (Wildman–Crippen MR) is 77.4 cm³/mol. The van der Waals surface area contributed by atoms with E-state index in [1.807, 2.05) is 11.8 Å². The molecule has 0 aliphatic carbocycles. The minimum Gasteiger partial charge on any atom is -0.342 e. The molecule has 1 heterocycles. The van der Waals surface area contributed by atoms with Gasteiger partial charge in [0.05, 0.1) is 5.75 Å². The van der Waals surface area contributed by atoms with Crippen LogP contribution in [-0.2, 0) is 11.2 Å². The number of carbonyl (C=O) groups excluding carboxylic acids is 1. The highest BCUT2D eigenvalue weighted by atomic mass is 32.2. The molecule has 0 radical (unpaired) electrons. The Morgan fingerprint density at radius 2 is 1.89 bits per heavy atom. The molecule has 0 bridgehead atoms. The van der Waals surface area contributed by atoms with Crippen LogP contribution in [0.5, 0.6) is 0 Å². The number of aryl methyl sites for hydroxylation is 1. The zero-order valence-corrected chi connectivity index (χ0v) is 12.7. The Kier molecular flexibility index (Phi) is 6.69. The molecule has 2 N–H and O–H groups in total. The zero-order chi connectivity index (χ0) is 14.3. The smallest absolute Gasteiger partial charge is 0.233 e. The molecule has 1 aromatic rings. The van der Waals surface area contributed by atoms with Crippen LogP contribution in [0.2, 0.25) is 0 Å². The lowest BCUT2D eigenvalue weighted by Gasteiger charge is -2.20. The number of thioether (sulfide) groups is 1. The lowest BCUT2D eigenvalue weighted by Crippen LogP contribution is -2.34. The third-order valence-electron chi connectivity index (χ3n) is 2.72. The van der Waals surface area contributed by atoms with Crippen LogP contribution in [0.15, 0.2) is 5.16 Å². The Morgan fingerprint density at radius 1 is 1.26 bits per heavy atom. The molecule has 0 unspecified atom stereocenters. The van der Waals surface area contributed by atoms with E-state index in [2.05, 4.69) is 24.0 Å². The maximum Gasteiger partial charge on any atom is 0.233 e. The number of carbonyl (C=O) groups is 1. The summed E-state index contributed by atoms with van der Waals surface area (Å²) in [7, 11) is 0. The van der Waals surface area contributed by atoms with Crippen LogP contribution < -0.4 is 5.84 Å². The molecule has 0 aromatic carbocycles. The molecular formula is C12H23N5OS. The van der Waals surface area contributed by atoms with Crippen LogP contribution in [0.3, 0.4) is 0 Å². The maximum atomic E-state index is 12.1. The van der Waals surface area contributed by atoms with Crippen molar-refractivity contribution in [2.45, 2.75) is 45.2 Å². The van der Waals surface area contributed by atoms with E-state index in [1.165, 1.54) is 16.4 Å². The first-order chi connectivity index (χ1) is 9.13. The topological polar surface area (TPSA) is 77.0 Å². The SMILES string of the molecule is CCCN(CCC)C(=O)CSc1nnc(CC)n1N. The summed E-state index contributed by atoms with van der Waals surface area (Å²) in [5.41, 5.74) is 0. The Labute approximate surface area is 118 Å². The molecule has 0 aliphatic rings. The molecule has 7 heteroatoms. The first kappa shape index (κ1) is 15.8. The van der Waals surface area contributed by atoms with Crippen LogP contribution in [0.25, 0.3) is 0 Å². The van der Waals surface area contributed by atoms with Crippen molar-refractivity contribution in [2.24, 2.45) is 0 Å². The Morgan fingerprint density at radius 3 is 2.37 bits per heavy atom. The maximum absolute atomic E-state index is 12.1. The Bertz CT molecular complexity index is 401. The quantitative estimate of drug-likeness (QED) is 0.575. The molecule has 0 saturated carbocycles. The van der Waals surface area contributed by atoms with Crippen molar-refractivity contribution in [3.63, 3.8) is 0 Å². The van der Waals surface area contributed by atoms with E-state index in [0.717, 1.165) is 38.2 Å². The average Bonchev–Trinajstić information content (AvgIpc) is 2.76. The van der Waals surface area contributed by atoms with Crippen molar-refractivity contribution >= 4 is 17.7 Å². The van der Waals surface area contributed by atoms with Gasteiger partial charge in [0.25, 0.3) is 0 Å². The van der Waals surface area contributed by atoms with Gasteiger partial charge < -0.3 is 10.7 Å². The zero-order valence-electron chi connectivity index (χ0n) is 11.9. The van der Waals surface area contributed by atoms with Gasteiger partial charge in [-0.15, -0.1) is 10.2 Å². The normalized spacial score (nSPS) is 10.7. The van der Waals surface area contributed by atoms with Crippen LogP contribution in [0.4, 0.5) is 0 Å². The van der Waals surface area contributed by atoms with Gasteiger partial charge in [-0.3, -0.25) is 4.79 Å². The van der Waals surface area contributed by atoms with Gasteiger partial charge in [0.1, 0.15) is 0 Å². The second-order valence-electron chi connectivity index (χ2n) is 4.29. The van der Waals surface area contributed by atoms with Crippen LogP contribution in [0, 0.1) is 0 Å².